The van der Waals surface area contributed by atoms with Crippen molar-refractivity contribution in [2.75, 3.05) is 11.5 Å². The minimum absolute atomic E-state index is 0.00143. The molecule has 1 fully saturated rings. The molecule has 0 radical (unpaired) electrons. The van der Waals surface area contributed by atoms with Crippen LogP contribution in [0.25, 0.3) is 11.2 Å². The highest BCUT2D eigenvalue weighted by molar-refractivity contribution is 6.29. The molecule has 0 bridgehead atoms. The molecule has 210 valence electrons. The molecular weight excluding hydrogens is 522 g/mol. The molecule has 3 heterocycles. The predicted octanol–water partition coefficient (Wildman–Crippen LogP) is 4.00. The first-order valence-electron chi connectivity index (χ1n) is 12.0. The molecule has 3 atom stereocenters. The Morgan fingerprint density at radius 1 is 1.11 bits per heavy atom. The van der Waals surface area contributed by atoms with Gasteiger partial charge in [0.25, 0.3) is 0 Å². The maximum absolute atomic E-state index is 13.2. The highest BCUT2D eigenvalue weighted by atomic mass is 35.5. The lowest BCUT2D eigenvalue weighted by Crippen LogP contribution is -2.44. The second kappa shape index (κ2) is 10.3. The van der Waals surface area contributed by atoms with Crippen LogP contribution in [0.1, 0.15) is 68.5 Å². The number of hydrogen-bond acceptors (Lipinski definition) is 11. The summed E-state index contributed by atoms with van der Waals surface area (Å²) in [5.74, 6) is -0.823. The predicted molar refractivity (Wildman–Crippen MR) is 136 cm³/mol. The number of imide groups is 1. The van der Waals surface area contributed by atoms with Gasteiger partial charge in [0.2, 0.25) is 5.28 Å². The van der Waals surface area contributed by atoms with Gasteiger partial charge in [-0.2, -0.15) is 14.9 Å². The Morgan fingerprint density at radius 3 is 2.13 bits per heavy atom. The third-order valence-corrected chi connectivity index (χ3v) is 5.77. The Balaban J connectivity index is 2.19. The van der Waals surface area contributed by atoms with Crippen molar-refractivity contribution in [1.29, 1.82) is 0 Å². The Kier molecular flexibility index (Phi) is 7.98. The van der Waals surface area contributed by atoms with Crippen molar-refractivity contribution in [2.24, 2.45) is 5.41 Å². The van der Waals surface area contributed by atoms with Gasteiger partial charge in [0, 0.05) is 12.3 Å². The summed E-state index contributed by atoms with van der Waals surface area (Å²) in [6.07, 6.45) is -3.29. The third kappa shape index (κ3) is 6.16. The Labute approximate surface area is 225 Å². The fourth-order valence-corrected chi connectivity index (χ4v) is 4.08. The zero-order valence-corrected chi connectivity index (χ0v) is 23.7. The summed E-state index contributed by atoms with van der Waals surface area (Å²) in [6.45, 7) is 14.4. The molecule has 13 nitrogen and oxygen atoms in total. The van der Waals surface area contributed by atoms with E-state index >= 15 is 0 Å². The van der Waals surface area contributed by atoms with E-state index in [0.29, 0.717) is 4.90 Å². The summed E-state index contributed by atoms with van der Waals surface area (Å²) < 4.78 is 24.0. The van der Waals surface area contributed by atoms with Crippen molar-refractivity contribution >= 4 is 46.7 Å². The number of anilines is 1. The summed E-state index contributed by atoms with van der Waals surface area (Å²) in [4.78, 5) is 51.6. The van der Waals surface area contributed by atoms with E-state index in [1.54, 1.807) is 55.4 Å². The molecule has 2 amide bonds. The number of aliphatic hydroxyl groups is 1. The highest BCUT2D eigenvalue weighted by Crippen LogP contribution is 2.46. The molecule has 1 aliphatic heterocycles. The number of halogens is 1. The van der Waals surface area contributed by atoms with Crippen LogP contribution in [-0.4, -0.2) is 72.8 Å². The van der Waals surface area contributed by atoms with E-state index in [-0.39, 0.29) is 28.9 Å². The summed E-state index contributed by atoms with van der Waals surface area (Å²) in [7, 11) is 0. The Bertz CT molecular complexity index is 1200. The van der Waals surface area contributed by atoms with Crippen molar-refractivity contribution in [3.63, 3.8) is 0 Å². The minimum Gasteiger partial charge on any atom is -0.457 e. The van der Waals surface area contributed by atoms with Gasteiger partial charge in [-0.05, 0) is 53.1 Å². The number of imidazole rings is 1. The van der Waals surface area contributed by atoms with E-state index in [4.69, 9.17) is 30.5 Å². The number of esters is 1. The molecule has 1 saturated heterocycles. The summed E-state index contributed by atoms with van der Waals surface area (Å²) in [6, 6.07) is 0. The van der Waals surface area contributed by atoms with Crippen LogP contribution in [0.2, 0.25) is 5.28 Å². The van der Waals surface area contributed by atoms with Crippen LogP contribution in [0.5, 0.6) is 0 Å². The largest absolute Gasteiger partial charge is 0.457 e. The lowest BCUT2D eigenvalue weighted by atomic mass is 9.82. The van der Waals surface area contributed by atoms with Crippen LogP contribution < -0.4 is 4.90 Å². The first kappa shape index (κ1) is 29.5. The maximum Gasteiger partial charge on any atom is 0.425 e. The van der Waals surface area contributed by atoms with Crippen LogP contribution in [-0.2, 0) is 23.7 Å². The van der Waals surface area contributed by atoms with E-state index in [9.17, 15) is 19.5 Å². The smallest absolute Gasteiger partial charge is 0.425 e. The van der Waals surface area contributed by atoms with Crippen molar-refractivity contribution in [3.05, 3.63) is 11.6 Å². The van der Waals surface area contributed by atoms with Crippen LogP contribution in [0, 0.1) is 5.41 Å². The van der Waals surface area contributed by atoms with Crippen LogP contribution >= 0.6 is 11.6 Å². The lowest BCUT2D eigenvalue weighted by molar-refractivity contribution is -0.155. The quantitative estimate of drug-likeness (QED) is 0.330. The highest BCUT2D eigenvalue weighted by Gasteiger charge is 2.53. The van der Waals surface area contributed by atoms with Gasteiger partial charge in [0.1, 0.15) is 11.2 Å². The maximum atomic E-state index is 13.2. The SMILES string of the molecule is CC(=O)O[C@H]1[C@H](n2cnc3c(N(C(=O)OC(C)(C)C)C(=O)OC(C)(C)C)nc(Cl)nc32)O[C@H](CO)C1(C)C. The van der Waals surface area contributed by atoms with Crippen LogP contribution in [0.4, 0.5) is 15.4 Å². The number of hydrogen-bond donors (Lipinski definition) is 1. The van der Waals surface area contributed by atoms with Crippen molar-refractivity contribution in [2.45, 2.75) is 92.0 Å². The van der Waals surface area contributed by atoms with Crippen molar-refractivity contribution < 1.29 is 38.4 Å². The van der Waals surface area contributed by atoms with E-state index in [1.165, 1.54) is 17.8 Å². The van der Waals surface area contributed by atoms with E-state index in [0.717, 1.165) is 0 Å². The van der Waals surface area contributed by atoms with Crippen molar-refractivity contribution in [1.82, 2.24) is 19.5 Å². The average Bonchev–Trinajstić information content (AvgIpc) is 3.23. The Hall–Kier alpha value is -3.03. The molecule has 0 spiro atoms. The number of amides is 2. The van der Waals surface area contributed by atoms with Crippen LogP contribution in [0.3, 0.4) is 0 Å². The fourth-order valence-electron chi connectivity index (χ4n) is 3.92. The summed E-state index contributed by atoms with van der Waals surface area (Å²) in [5, 5.41) is 9.59. The molecule has 0 unspecified atom stereocenters. The van der Waals surface area contributed by atoms with Gasteiger partial charge in [-0.1, -0.05) is 13.8 Å². The minimum atomic E-state index is -1.06. The van der Waals surface area contributed by atoms with Gasteiger partial charge in [-0.3, -0.25) is 9.36 Å². The monoisotopic (exact) mass is 555 g/mol. The van der Waals surface area contributed by atoms with Gasteiger partial charge in [-0.25, -0.2) is 14.6 Å². The second-order valence-electron chi connectivity index (χ2n) is 11.5. The number of carbonyl (C=O) groups is 3. The zero-order valence-electron chi connectivity index (χ0n) is 22.9. The number of fused-ring (bicyclic) bond motifs is 1. The topological polar surface area (TPSA) is 155 Å². The molecule has 0 saturated carbocycles. The molecule has 2 aromatic heterocycles. The molecule has 1 N–H and O–H groups in total. The molecule has 38 heavy (non-hydrogen) atoms. The lowest BCUT2D eigenvalue weighted by Gasteiger charge is -2.30. The van der Waals surface area contributed by atoms with Gasteiger partial charge < -0.3 is 24.1 Å². The van der Waals surface area contributed by atoms with E-state index in [2.05, 4.69) is 15.0 Å². The number of carbonyl (C=O) groups excluding carboxylic acids is 3. The molecule has 2 aromatic rings. The number of rotatable bonds is 4. The van der Waals surface area contributed by atoms with Crippen molar-refractivity contribution in [3.8, 4) is 0 Å². The number of aromatic nitrogens is 4. The average molecular weight is 556 g/mol. The van der Waals surface area contributed by atoms with Gasteiger partial charge in [0.15, 0.2) is 29.3 Å². The molecular formula is C24H34ClN5O8. The summed E-state index contributed by atoms with van der Waals surface area (Å²) in [5.41, 5.74) is -2.62. The number of nitrogens with zero attached hydrogens (tertiary/aromatic N) is 5. The molecule has 3 rings (SSSR count). The normalized spacial score (nSPS) is 21.3. The second-order valence-corrected chi connectivity index (χ2v) is 11.8. The first-order valence-corrected chi connectivity index (χ1v) is 12.3. The molecule has 1 aliphatic rings. The van der Waals surface area contributed by atoms with E-state index in [1.807, 2.05) is 0 Å². The standard InChI is InChI=1S/C24H34ClN5O8/c1-12(32)35-15-18(36-13(10-31)24(15,8)9)29-11-26-14-16(29)27-19(25)28-17(14)30(20(33)37-22(2,3)4)21(34)38-23(5,6)7/h11,13,15,18,31H,10H2,1-9H3/t13-,15+,18-/m1/s1. The zero-order chi connectivity index (χ0) is 28.8. The number of aliphatic hydroxyl groups excluding tert-OH is 1. The van der Waals surface area contributed by atoms with E-state index < -0.39 is 53.2 Å². The molecule has 0 aromatic carbocycles. The fraction of sp³-hybridized carbons (Fsp3) is 0.667. The molecule has 0 aliphatic carbocycles. The molecule has 14 heteroatoms. The summed E-state index contributed by atoms with van der Waals surface area (Å²) >= 11 is 6.25. The number of ether oxygens (including phenoxy) is 4. The first-order chi connectivity index (χ1) is 17.4. The van der Waals surface area contributed by atoms with Gasteiger partial charge in [-0.15, -0.1) is 0 Å². The Morgan fingerprint density at radius 2 is 1.66 bits per heavy atom. The van der Waals surface area contributed by atoms with Crippen LogP contribution in [0.15, 0.2) is 6.33 Å². The third-order valence-electron chi connectivity index (χ3n) is 5.60. The van der Waals surface area contributed by atoms with Gasteiger partial charge >= 0.3 is 18.2 Å². The van der Waals surface area contributed by atoms with Gasteiger partial charge in [0.05, 0.1) is 19.0 Å².